The lowest BCUT2D eigenvalue weighted by atomic mass is 10.0. The predicted molar refractivity (Wildman–Crippen MR) is 125 cm³/mol. The Morgan fingerprint density at radius 2 is 1.75 bits per heavy atom. The van der Waals surface area contributed by atoms with Gasteiger partial charge in [-0.05, 0) is 54.3 Å². The Labute approximate surface area is 187 Å². The van der Waals surface area contributed by atoms with Crippen molar-refractivity contribution in [2.24, 2.45) is 0 Å². The number of benzene rings is 3. The zero-order valence-corrected chi connectivity index (χ0v) is 18.2. The van der Waals surface area contributed by atoms with Crippen LogP contribution in [-0.2, 0) is 20.7 Å². The van der Waals surface area contributed by atoms with Crippen LogP contribution in [0.2, 0.25) is 0 Å². The van der Waals surface area contributed by atoms with E-state index in [0.717, 1.165) is 23.2 Å². The fourth-order valence-electron chi connectivity index (χ4n) is 4.00. The van der Waals surface area contributed by atoms with Crippen LogP contribution in [0.5, 0.6) is 5.75 Å². The van der Waals surface area contributed by atoms with E-state index >= 15 is 0 Å². The molecule has 0 fully saturated rings. The molecule has 32 heavy (non-hydrogen) atoms. The van der Waals surface area contributed by atoms with Crippen LogP contribution in [-0.4, -0.2) is 31.6 Å². The van der Waals surface area contributed by atoms with Gasteiger partial charge in [-0.25, -0.2) is 4.79 Å². The number of nitrogens with zero attached hydrogens (tertiary/aromatic N) is 1. The molecule has 3 aromatic rings. The zero-order valence-electron chi connectivity index (χ0n) is 18.2. The molecule has 5 heteroatoms. The number of hydrogen-bond acceptors (Lipinski definition) is 4. The van der Waals surface area contributed by atoms with Gasteiger partial charge in [-0.1, -0.05) is 60.7 Å². The van der Waals surface area contributed by atoms with Gasteiger partial charge >= 0.3 is 5.97 Å². The molecule has 1 amide bonds. The van der Waals surface area contributed by atoms with Crippen molar-refractivity contribution in [3.8, 4) is 5.75 Å². The molecule has 0 spiro atoms. The van der Waals surface area contributed by atoms with E-state index in [0.29, 0.717) is 16.9 Å². The normalized spacial score (nSPS) is 15.2. The highest BCUT2D eigenvalue weighted by molar-refractivity contribution is 6.22. The number of rotatable bonds is 6. The molecule has 0 N–H and O–H groups in total. The number of anilines is 1. The minimum atomic E-state index is -0.549. The van der Waals surface area contributed by atoms with Crippen molar-refractivity contribution in [2.45, 2.75) is 19.4 Å². The van der Waals surface area contributed by atoms with Crippen molar-refractivity contribution in [1.29, 1.82) is 0 Å². The molecule has 3 aromatic carbocycles. The van der Waals surface area contributed by atoms with Gasteiger partial charge in [-0.3, -0.25) is 4.79 Å². The van der Waals surface area contributed by atoms with E-state index in [1.54, 1.807) is 18.1 Å². The zero-order chi connectivity index (χ0) is 22.5. The molecule has 4 rings (SSSR count). The summed E-state index contributed by atoms with van der Waals surface area (Å²) in [5, 5.41) is 0. The third kappa shape index (κ3) is 4.57. The smallest absolute Gasteiger partial charge is 0.339 e. The Hall–Kier alpha value is -3.86. The van der Waals surface area contributed by atoms with Gasteiger partial charge in [-0.15, -0.1) is 0 Å². The first-order chi connectivity index (χ1) is 15.6. The van der Waals surface area contributed by atoms with Crippen LogP contribution in [0.1, 0.15) is 23.6 Å². The van der Waals surface area contributed by atoms with Crippen LogP contribution in [0.25, 0.3) is 11.6 Å². The predicted octanol–water partition coefficient (Wildman–Crippen LogP) is 4.76. The summed E-state index contributed by atoms with van der Waals surface area (Å²) in [6, 6.07) is 24.5. The van der Waals surface area contributed by atoms with E-state index in [-0.39, 0.29) is 18.6 Å². The molecule has 5 nitrogen and oxygen atoms in total. The summed E-state index contributed by atoms with van der Waals surface area (Å²) >= 11 is 0. The molecular weight excluding hydrogens is 402 g/mol. The van der Waals surface area contributed by atoms with Crippen LogP contribution < -0.4 is 9.64 Å². The number of carbonyl (C=O) groups excluding carboxylic acids is 2. The molecule has 0 saturated carbocycles. The van der Waals surface area contributed by atoms with Crippen LogP contribution in [0.4, 0.5) is 5.69 Å². The largest absolute Gasteiger partial charge is 0.497 e. The second-order valence-corrected chi connectivity index (χ2v) is 7.72. The lowest BCUT2D eigenvalue weighted by Crippen LogP contribution is -2.38. The highest BCUT2D eigenvalue weighted by Crippen LogP contribution is 2.32. The lowest BCUT2D eigenvalue weighted by molar-refractivity contribution is -0.142. The first-order valence-corrected chi connectivity index (χ1v) is 10.5. The Balaban J connectivity index is 1.54. The fraction of sp³-hybridized carbons (Fsp3) is 0.185. The maximum atomic E-state index is 13.1. The van der Waals surface area contributed by atoms with Crippen LogP contribution in [0.3, 0.4) is 0 Å². The summed E-state index contributed by atoms with van der Waals surface area (Å²) in [5.41, 5.74) is 3.90. The monoisotopic (exact) mass is 427 g/mol. The SMILES string of the molecule is COc1cccc(/C=C(/C(=O)OCC(=O)N2c3ccccc3CC2C)c2ccccc2)c1. The highest BCUT2D eigenvalue weighted by atomic mass is 16.5. The van der Waals surface area contributed by atoms with Crippen molar-refractivity contribution < 1.29 is 19.1 Å². The maximum absolute atomic E-state index is 13.1. The van der Waals surface area contributed by atoms with E-state index in [2.05, 4.69) is 0 Å². The van der Waals surface area contributed by atoms with Gasteiger partial charge in [0.15, 0.2) is 6.61 Å². The van der Waals surface area contributed by atoms with Crippen molar-refractivity contribution >= 4 is 29.2 Å². The summed E-state index contributed by atoms with van der Waals surface area (Å²) < 4.78 is 10.8. The minimum absolute atomic E-state index is 0.0273. The van der Waals surface area contributed by atoms with Crippen LogP contribution in [0.15, 0.2) is 78.9 Å². The van der Waals surface area contributed by atoms with Gasteiger partial charge in [0.05, 0.1) is 12.7 Å². The Morgan fingerprint density at radius 1 is 1.00 bits per heavy atom. The van der Waals surface area contributed by atoms with Gasteiger partial charge in [0, 0.05) is 11.7 Å². The number of methoxy groups -OCH3 is 1. The average Bonchev–Trinajstić information content (AvgIpc) is 3.17. The van der Waals surface area contributed by atoms with Gasteiger partial charge in [0.2, 0.25) is 0 Å². The molecule has 0 saturated heterocycles. The van der Waals surface area contributed by atoms with E-state index in [4.69, 9.17) is 9.47 Å². The molecule has 1 aliphatic rings. The number of amides is 1. The van der Waals surface area contributed by atoms with Crippen molar-refractivity contribution in [3.63, 3.8) is 0 Å². The molecule has 1 heterocycles. The summed E-state index contributed by atoms with van der Waals surface area (Å²) in [6.45, 7) is 1.68. The molecule has 0 radical (unpaired) electrons. The lowest BCUT2D eigenvalue weighted by Gasteiger charge is -2.22. The highest BCUT2D eigenvalue weighted by Gasteiger charge is 2.31. The quantitative estimate of drug-likeness (QED) is 0.323. The molecule has 0 aliphatic carbocycles. The first-order valence-electron chi connectivity index (χ1n) is 10.5. The van der Waals surface area contributed by atoms with Crippen LogP contribution in [0, 0.1) is 0 Å². The summed E-state index contributed by atoms with van der Waals surface area (Å²) in [4.78, 5) is 27.7. The number of esters is 1. The van der Waals surface area contributed by atoms with Gasteiger partial charge in [0.25, 0.3) is 5.91 Å². The molecule has 0 bridgehead atoms. The third-order valence-electron chi connectivity index (χ3n) is 5.51. The first kappa shape index (κ1) is 21.4. The van der Waals surface area contributed by atoms with Gasteiger partial charge in [-0.2, -0.15) is 0 Å². The van der Waals surface area contributed by atoms with Gasteiger partial charge in [0.1, 0.15) is 5.75 Å². The van der Waals surface area contributed by atoms with Crippen molar-refractivity contribution in [2.75, 3.05) is 18.6 Å². The molecule has 1 aliphatic heterocycles. The number of hydrogen-bond donors (Lipinski definition) is 0. The maximum Gasteiger partial charge on any atom is 0.339 e. The molecular formula is C27H25NO4. The standard InChI is InChI=1S/C27H25NO4/c1-19-15-22-12-6-7-14-25(22)28(19)26(29)18-32-27(30)24(21-10-4-3-5-11-21)17-20-9-8-13-23(16-20)31-2/h3-14,16-17,19H,15,18H2,1-2H3/b24-17+. The minimum Gasteiger partial charge on any atom is -0.497 e. The van der Waals surface area contributed by atoms with E-state index < -0.39 is 5.97 Å². The number of ether oxygens (including phenoxy) is 2. The van der Waals surface area contributed by atoms with Crippen molar-refractivity contribution in [3.05, 3.63) is 95.6 Å². The van der Waals surface area contributed by atoms with E-state index in [1.807, 2.05) is 85.8 Å². The van der Waals surface area contributed by atoms with Crippen LogP contribution >= 0.6 is 0 Å². The fourth-order valence-corrected chi connectivity index (χ4v) is 4.00. The Bertz CT molecular complexity index is 1150. The van der Waals surface area contributed by atoms with E-state index in [9.17, 15) is 9.59 Å². The van der Waals surface area contributed by atoms with Gasteiger partial charge < -0.3 is 14.4 Å². The summed E-state index contributed by atoms with van der Waals surface area (Å²) in [6.07, 6.45) is 2.54. The number of carbonyl (C=O) groups is 2. The number of para-hydroxylation sites is 1. The number of fused-ring (bicyclic) bond motifs is 1. The van der Waals surface area contributed by atoms with Crippen molar-refractivity contribution in [1.82, 2.24) is 0 Å². The molecule has 0 aromatic heterocycles. The van der Waals surface area contributed by atoms with E-state index in [1.165, 1.54) is 0 Å². The third-order valence-corrected chi connectivity index (χ3v) is 5.51. The second kappa shape index (κ2) is 9.52. The second-order valence-electron chi connectivity index (χ2n) is 7.72. The summed E-state index contributed by atoms with van der Waals surface area (Å²) in [7, 11) is 1.60. The topological polar surface area (TPSA) is 55.8 Å². The summed E-state index contributed by atoms with van der Waals surface area (Å²) in [5.74, 6) is -0.0894. The molecule has 162 valence electrons. The molecule has 1 unspecified atom stereocenters. The average molecular weight is 428 g/mol. The Kier molecular flexibility index (Phi) is 6.36. The Morgan fingerprint density at radius 3 is 2.53 bits per heavy atom. The molecule has 1 atom stereocenters.